The lowest BCUT2D eigenvalue weighted by atomic mass is 10.2. The van der Waals surface area contributed by atoms with Crippen LogP contribution < -0.4 is 14.5 Å². The molecule has 0 saturated carbocycles. The first kappa shape index (κ1) is 20.2. The second-order valence-corrected chi connectivity index (χ2v) is 5.68. The zero-order valence-electron chi connectivity index (χ0n) is 15.0. The van der Waals surface area contributed by atoms with Crippen molar-refractivity contribution in [2.24, 2.45) is 5.10 Å². The number of nitrogens with zero attached hydrogens (tertiary/aromatic N) is 2. The summed E-state index contributed by atoms with van der Waals surface area (Å²) in [5, 5.41) is 5.99. The van der Waals surface area contributed by atoms with Crippen molar-refractivity contribution in [2.75, 3.05) is 5.01 Å². The van der Waals surface area contributed by atoms with E-state index in [-0.39, 0.29) is 17.1 Å². The average Bonchev–Trinajstić information content (AvgIpc) is 2.70. The summed E-state index contributed by atoms with van der Waals surface area (Å²) in [6.07, 6.45) is 1.31. The first-order chi connectivity index (χ1) is 14.0. The largest absolute Gasteiger partial charge is 0.435 e. The number of alkyl halides is 4. The van der Waals surface area contributed by atoms with Crippen LogP contribution in [0.1, 0.15) is 5.56 Å². The molecule has 0 bridgehead atoms. The highest BCUT2D eigenvalue weighted by Gasteiger charge is 2.13. The number of hydrogen-bond acceptors (Lipinski definition) is 4. The molecule has 0 atom stereocenters. The highest BCUT2D eigenvalue weighted by atomic mass is 19.3. The molecule has 0 aliphatic carbocycles. The molecule has 0 radical (unpaired) electrons. The van der Waals surface area contributed by atoms with E-state index in [1.54, 1.807) is 5.01 Å². The van der Waals surface area contributed by atoms with E-state index in [2.05, 4.69) is 14.6 Å². The van der Waals surface area contributed by atoms with Gasteiger partial charge in [-0.15, -0.1) is 0 Å². The molecule has 150 valence electrons. The standard InChI is InChI=1S/C21H16F4N2O2/c22-20(23)28-18-12-11-15(19(13-18)29-21(24)25)14-26-27(16-7-3-1-4-8-16)17-9-5-2-6-10-17/h1-14,20-21H/b26-14+. The topological polar surface area (TPSA) is 34.1 Å². The predicted octanol–water partition coefficient (Wildman–Crippen LogP) is 6.06. The minimum absolute atomic E-state index is 0.170. The van der Waals surface area contributed by atoms with Crippen LogP contribution in [0, 0.1) is 0 Å². The van der Waals surface area contributed by atoms with Crippen molar-refractivity contribution in [1.82, 2.24) is 0 Å². The van der Waals surface area contributed by atoms with Crippen molar-refractivity contribution >= 4 is 17.6 Å². The lowest BCUT2D eigenvalue weighted by Gasteiger charge is -2.19. The molecule has 29 heavy (non-hydrogen) atoms. The van der Waals surface area contributed by atoms with Gasteiger partial charge < -0.3 is 9.47 Å². The molecule has 0 spiro atoms. The van der Waals surface area contributed by atoms with Crippen LogP contribution >= 0.6 is 0 Å². The summed E-state index contributed by atoms with van der Waals surface area (Å²) in [6.45, 7) is -6.22. The summed E-state index contributed by atoms with van der Waals surface area (Å²) in [5.74, 6) is -0.626. The van der Waals surface area contributed by atoms with E-state index in [1.165, 1.54) is 18.3 Å². The van der Waals surface area contributed by atoms with Crippen LogP contribution in [-0.4, -0.2) is 19.4 Å². The van der Waals surface area contributed by atoms with Crippen molar-refractivity contribution in [1.29, 1.82) is 0 Å². The maximum Gasteiger partial charge on any atom is 0.387 e. The normalized spacial score (nSPS) is 11.2. The second-order valence-electron chi connectivity index (χ2n) is 5.68. The Balaban J connectivity index is 1.96. The van der Waals surface area contributed by atoms with Gasteiger partial charge in [0.25, 0.3) is 0 Å². The number of para-hydroxylation sites is 2. The molecule has 0 saturated heterocycles. The van der Waals surface area contributed by atoms with Gasteiger partial charge in [0, 0.05) is 11.6 Å². The lowest BCUT2D eigenvalue weighted by molar-refractivity contribution is -0.0543. The van der Waals surface area contributed by atoms with Gasteiger partial charge in [-0.1, -0.05) is 36.4 Å². The number of hydrogen-bond donors (Lipinski definition) is 0. The molecule has 0 aliphatic rings. The number of ether oxygens (including phenoxy) is 2. The van der Waals surface area contributed by atoms with Crippen molar-refractivity contribution in [3.05, 3.63) is 84.4 Å². The summed E-state index contributed by atoms with van der Waals surface area (Å²) in [4.78, 5) is 0. The Morgan fingerprint density at radius 2 is 1.28 bits per heavy atom. The third-order valence-corrected chi connectivity index (χ3v) is 3.74. The molecule has 0 fully saturated rings. The Labute approximate surface area is 164 Å². The molecule has 0 heterocycles. The van der Waals surface area contributed by atoms with E-state index in [1.807, 2.05) is 60.7 Å². The van der Waals surface area contributed by atoms with Crippen LogP contribution in [0.15, 0.2) is 84.0 Å². The highest BCUT2D eigenvalue weighted by Crippen LogP contribution is 2.28. The lowest BCUT2D eigenvalue weighted by Crippen LogP contribution is -2.10. The van der Waals surface area contributed by atoms with Gasteiger partial charge in [-0.25, -0.2) is 5.01 Å². The molecule has 0 N–H and O–H groups in total. The Morgan fingerprint density at radius 3 is 1.79 bits per heavy atom. The second kappa shape index (κ2) is 9.59. The molecular weight excluding hydrogens is 388 g/mol. The van der Waals surface area contributed by atoms with Crippen LogP contribution in [0.2, 0.25) is 0 Å². The monoisotopic (exact) mass is 404 g/mol. The average molecular weight is 404 g/mol. The third kappa shape index (κ3) is 5.71. The van der Waals surface area contributed by atoms with Crippen LogP contribution in [0.3, 0.4) is 0 Å². The van der Waals surface area contributed by atoms with Gasteiger partial charge in [0.15, 0.2) is 0 Å². The minimum atomic E-state index is -3.14. The van der Waals surface area contributed by atoms with Crippen molar-refractivity contribution in [3.8, 4) is 11.5 Å². The first-order valence-corrected chi connectivity index (χ1v) is 8.51. The molecule has 3 rings (SSSR count). The van der Waals surface area contributed by atoms with Gasteiger partial charge in [-0.05, 0) is 36.4 Å². The SMILES string of the molecule is FC(F)Oc1ccc(/C=N/N(c2ccccc2)c2ccccc2)c(OC(F)F)c1. The smallest absolute Gasteiger partial charge is 0.387 e. The van der Waals surface area contributed by atoms with E-state index in [4.69, 9.17) is 0 Å². The van der Waals surface area contributed by atoms with E-state index in [9.17, 15) is 17.6 Å². The van der Waals surface area contributed by atoms with E-state index >= 15 is 0 Å². The molecule has 0 aromatic heterocycles. The fourth-order valence-electron chi connectivity index (χ4n) is 2.54. The minimum Gasteiger partial charge on any atom is -0.435 e. The van der Waals surface area contributed by atoms with Crippen molar-refractivity contribution < 1.29 is 27.0 Å². The van der Waals surface area contributed by atoms with Crippen LogP contribution in [0.4, 0.5) is 28.9 Å². The summed E-state index contributed by atoms with van der Waals surface area (Å²) in [7, 11) is 0. The molecule has 3 aromatic carbocycles. The quantitative estimate of drug-likeness (QED) is 0.260. The molecule has 0 unspecified atom stereocenters. The van der Waals surface area contributed by atoms with Crippen molar-refractivity contribution in [3.63, 3.8) is 0 Å². The number of anilines is 2. The van der Waals surface area contributed by atoms with Gasteiger partial charge in [0.1, 0.15) is 11.5 Å². The Hall–Kier alpha value is -3.55. The van der Waals surface area contributed by atoms with Gasteiger partial charge in [0.2, 0.25) is 0 Å². The van der Waals surface area contributed by atoms with E-state index in [0.717, 1.165) is 17.4 Å². The van der Waals surface area contributed by atoms with Gasteiger partial charge in [0.05, 0.1) is 17.6 Å². The first-order valence-electron chi connectivity index (χ1n) is 8.51. The Kier molecular flexibility index (Phi) is 6.67. The van der Waals surface area contributed by atoms with Gasteiger partial charge >= 0.3 is 13.2 Å². The molecular formula is C21H16F4N2O2. The molecule has 4 nitrogen and oxygen atoms in total. The maximum atomic E-state index is 12.8. The predicted molar refractivity (Wildman–Crippen MR) is 102 cm³/mol. The summed E-state index contributed by atoms with van der Waals surface area (Å²) >= 11 is 0. The fraction of sp³-hybridized carbons (Fsp3) is 0.0952. The highest BCUT2D eigenvalue weighted by molar-refractivity contribution is 5.85. The molecule has 3 aromatic rings. The summed E-state index contributed by atoms with van der Waals surface area (Å²) in [5.41, 5.74) is 1.65. The third-order valence-electron chi connectivity index (χ3n) is 3.74. The molecule has 0 amide bonds. The molecule has 0 aliphatic heterocycles. The van der Waals surface area contributed by atoms with Crippen LogP contribution in [-0.2, 0) is 0 Å². The van der Waals surface area contributed by atoms with Crippen molar-refractivity contribution in [2.45, 2.75) is 13.2 Å². The number of hydrazone groups is 1. The number of halogens is 4. The zero-order valence-corrected chi connectivity index (χ0v) is 15.0. The summed E-state index contributed by atoms with van der Waals surface area (Å²) < 4.78 is 59.0. The van der Waals surface area contributed by atoms with Gasteiger partial charge in [-0.3, -0.25) is 0 Å². The van der Waals surface area contributed by atoms with E-state index in [0.29, 0.717) is 0 Å². The number of benzene rings is 3. The Bertz CT molecular complexity index is 898. The van der Waals surface area contributed by atoms with Crippen LogP contribution in [0.25, 0.3) is 0 Å². The van der Waals surface area contributed by atoms with Gasteiger partial charge in [-0.2, -0.15) is 22.7 Å². The molecule has 8 heteroatoms. The fourth-order valence-corrected chi connectivity index (χ4v) is 2.54. The maximum absolute atomic E-state index is 12.8. The summed E-state index contributed by atoms with van der Waals surface area (Å²) in [6, 6.07) is 21.9. The van der Waals surface area contributed by atoms with Crippen LogP contribution in [0.5, 0.6) is 11.5 Å². The van der Waals surface area contributed by atoms with E-state index < -0.39 is 13.2 Å². The number of rotatable bonds is 8. The Morgan fingerprint density at radius 1 is 0.724 bits per heavy atom. The zero-order chi connectivity index (χ0) is 20.6.